The minimum atomic E-state index is -0.0855. The molecule has 1 atom stereocenters. The lowest BCUT2D eigenvalue weighted by molar-refractivity contribution is 0.0909. The Morgan fingerprint density at radius 2 is 2.28 bits per heavy atom. The fourth-order valence-electron chi connectivity index (χ4n) is 3.16. The Labute approximate surface area is 150 Å². The van der Waals surface area contributed by atoms with E-state index in [-0.39, 0.29) is 12.0 Å². The van der Waals surface area contributed by atoms with E-state index in [1.165, 1.54) is 11.3 Å². The number of fused-ring (bicyclic) bond motifs is 1. The van der Waals surface area contributed by atoms with Crippen LogP contribution >= 0.6 is 11.3 Å². The van der Waals surface area contributed by atoms with Gasteiger partial charge in [0.05, 0.1) is 28.6 Å². The van der Waals surface area contributed by atoms with Crippen LogP contribution in [-0.2, 0) is 11.8 Å². The molecule has 1 aliphatic rings. The van der Waals surface area contributed by atoms with Crippen molar-refractivity contribution < 1.29 is 9.53 Å². The van der Waals surface area contributed by atoms with Gasteiger partial charge in [0.15, 0.2) is 5.13 Å². The van der Waals surface area contributed by atoms with Gasteiger partial charge in [0.1, 0.15) is 5.69 Å². The van der Waals surface area contributed by atoms with Crippen LogP contribution in [0.15, 0.2) is 30.3 Å². The van der Waals surface area contributed by atoms with E-state index in [0.29, 0.717) is 17.4 Å². The molecule has 4 rings (SSSR count). The smallest absolute Gasteiger partial charge is 0.278 e. The van der Waals surface area contributed by atoms with Crippen LogP contribution in [-0.4, -0.2) is 39.9 Å². The lowest BCUT2D eigenvalue weighted by Gasteiger charge is -2.22. The number of hydrogen-bond acceptors (Lipinski definition) is 5. The zero-order valence-corrected chi connectivity index (χ0v) is 15.1. The van der Waals surface area contributed by atoms with Gasteiger partial charge < -0.3 is 4.74 Å². The van der Waals surface area contributed by atoms with Crippen molar-refractivity contribution in [2.75, 3.05) is 18.1 Å². The van der Waals surface area contributed by atoms with Gasteiger partial charge in [0.2, 0.25) is 0 Å². The lowest BCUT2D eigenvalue weighted by atomic mass is 10.2. The first-order chi connectivity index (χ1) is 12.1. The van der Waals surface area contributed by atoms with Crippen LogP contribution in [0.4, 0.5) is 5.13 Å². The number of anilines is 1. The second-order valence-electron chi connectivity index (χ2n) is 6.31. The molecule has 130 valence electrons. The summed E-state index contributed by atoms with van der Waals surface area (Å²) in [5.41, 5.74) is 2.30. The second-order valence-corrected chi connectivity index (χ2v) is 7.32. The van der Waals surface area contributed by atoms with E-state index in [1.807, 2.05) is 37.3 Å². The molecule has 2 aromatic heterocycles. The molecule has 25 heavy (non-hydrogen) atoms. The normalized spacial score (nSPS) is 17.3. The molecule has 1 aliphatic heterocycles. The van der Waals surface area contributed by atoms with Gasteiger partial charge in [0.25, 0.3) is 5.91 Å². The summed E-state index contributed by atoms with van der Waals surface area (Å²) in [5.74, 6) is -0.0855. The number of thiazole rings is 1. The van der Waals surface area contributed by atoms with Crippen molar-refractivity contribution in [2.24, 2.45) is 7.05 Å². The molecule has 7 heteroatoms. The van der Waals surface area contributed by atoms with Crippen LogP contribution in [0.2, 0.25) is 0 Å². The highest BCUT2D eigenvalue weighted by atomic mass is 32.1. The predicted octanol–water partition coefficient (Wildman–Crippen LogP) is 3.16. The van der Waals surface area contributed by atoms with E-state index in [2.05, 4.69) is 10.1 Å². The molecule has 0 spiro atoms. The summed E-state index contributed by atoms with van der Waals surface area (Å²) in [6.45, 7) is 3.17. The van der Waals surface area contributed by atoms with Crippen LogP contribution in [0.1, 0.15) is 29.0 Å². The third-order valence-electron chi connectivity index (χ3n) is 4.39. The highest BCUT2D eigenvalue weighted by Crippen LogP contribution is 2.30. The summed E-state index contributed by atoms with van der Waals surface area (Å²) in [6, 6.07) is 9.76. The monoisotopic (exact) mass is 356 g/mol. The third kappa shape index (κ3) is 3.17. The number of carbonyl (C=O) groups excluding carboxylic acids is 1. The standard InChI is InChI=1S/C18H20N4O2S/c1-12-10-15(21(2)20-12)17(23)22(11-13-6-5-9-24-13)18-19-14-7-3-4-8-16(14)25-18/h3-4,7-8,10,13H,5-6,9,11H2,1-2H3/t13-/m1/s1. The van der Waals surface area contributed by atoms with E-state index < -0.39 is 0 Å². The summed E-state index contributed by atoms with van der Waals surface area (Å²) >= 11 is 1.53. The van der Waals surface area contributed by atoms with Gasteiger partial charge in [-0.25, -0.2) is 4.98 Å². The second kappa shape index (κ2) is 6.57. The molecule has 6 nitrogen and oxygen atoms in total. The van der Waals surface area contributed by atoms with Crippen molar-refractivity contribution >= 4 is 32.6 Å². The fraction of sp³-hybridized carbons (Fsp3) is 0.389. The molecule has 3 heterocycles. The molecular weight excluding hydrogens is 336 g/mol. The predicted molar refractivity (Wildman–Crippen MR) is 98.2 cm³/mol. The zero-order chi connectivity index (χ0) is 17.4. The van der Waals surface area contributed by atoms with E-state index in [1.54, 1.807) is 16.6 Å². The van der Waals surface area contributed by atoms with Crippen LogP contribution < -0.4 is 4.90 Å². The van der Waals surface area contributed by atoms with Crippen molar-refractivity contribution in [2.45, 2.75) is 25.9 Å². The van der Waals surface area contributed by atoms with Gasteiger partial charge in [-0.3, -0.25) is 14.4 Å². The summed E-state index contributed by atoms with van der Waals surface area (Å²) < 4.78 is 8.47. The van der Waals surface area contributed by atoms with E-state index in [4.69, 9.17) is 4.74 Å². The maximum absolute atomic E-state index is 13.2. The van der Waals surface area contributed by atoms with E-state index in [0.717, 1.165) is 35.4 Å². The number of hydrogen-bond donors (Lipinski definition) is 0. The molecular formula is C18H20N4O2S. The van der Waals surface area contributed by atoms with Crippen LogP contribution in [0.25, 0.3) is 10.2 Å². The topological polar surface area (TPSA) is 60.3 Å². The number of ether oxygens (including phenoxy) is 1. The maximum atomic E-state index is 13.2. The molecule has 1 aromatic carbocycles. The Morgan fingerprint density at radius 1 is 1.44 bits per heavy atom. The minimum absolute atomic E-state index is 0.0605. The van der Waals surface area contributed by atoms with Crippen molar-refractivity contribution in [1.29, 1.82) is 0 Å². The molecule has 0 saturated carbocycles. The molecule has 0 bridgehead atoms. The molecule has 0 N–H and O–H groups in total. The summed E-state index contributed by atoms with van der Waals surface area (Å²) in [5, 5.41) is 5.01. The van der Waals surface area contributed by atoms with Crippen molar-refractivity contribution in [3.63, 3.8) is 0 Å². The molecule has 1 amide bonds. The first kappa shape index (κ1) is 16.2. The highest BCUT2D eigenvalue weighted by Gasteiger charge is 2.28. The Kier molecular flexibility index (Phi) is 4.27. The summed E-state index contributed by atoms with van der Waals surface area (Å²) in [6.07, 6.45) is 2.07. The lowest BCUT2D eigenvalue weighted by Crippen LogP contribution is -2.38. The van der Waals surface area contributed by atoms with Gasteiger partial charge in [-0.15, -0.1) is 0 Å². The molecule has 0 unspecified atom stereocenters. The molecule has 1 fully saturated rings. The SMILES string of the molecule is Cc1cc(C(=O)N(C[C@H]2CCCO2)c2nc3ccccc3s2)n(C)n1. The van der Waals surface area contributed by atoms with Crippen molar-refractivity contribution in [1.82, 2.24) is 14.8 Å². The number of para-hydroxylation sites is 1. The van der Waals surface area contributed by atoms with Gasteiger partial charge in [0, 0.05) is 13.7 Å². The summed E-state index contributed by atoms with van der Waals surface area (Å²) in [7, 11) is 1.79. The van der Waals surface area contributed by atoms with E-state index in [9.17, 15) is 4.79 Å². The molecule has 0 aliphatic carbocycles. The Hall–Kier alpha value is -2.25. The number of aromatic nitrogens is 3. The van der Waals surface area contributed by atoms with Gasteiger partial charge in [-0.05, 0) is 38.0 Å². The van der Waals surface area contributed by atoms with Crippen LogP contribution in [0, 0.1) is 6.92 Å². The van der Waals surface area contributed by atoms with Gasteiger partial charge >= 0.3 is 0 Å². The zero-order valence-electron chi connectivity index (χ0n) is 14.3. The number of rotatable bonds is 4. The number of amides is 1. The molecule has 0 radical (unpaired) electrons. The maximum Gasteiger partial charge on any atom is 0.278 e. The number of carbonyl (C=O) groups is 1. The largest absolute Gasteiger partial charge is 0.376 e. The van der Waals surface area contributed by atoms with Crippen LogP contribution in [0.3, 0.4) is 0 Å². The fourth-order valence-corrected chi connectivity index (χ4v) is 4.14. The third-order valence-corrected chi connectivity index (χ3v) is 5.45. The van der Waals surface area contributed by atoms with Crippen molar-refractivity contribution in [3.05, 3.63) is 41.7 Å². The first-order valence-electron chi connectivity index (χ1n) is 8.41. The average Bonchev–Trinajstić information content (AvgIpc) is 3.31. The first-order valence-corrected chi connectivity index (χ1v) is 9.23. The summed E-state index contributed by atoms with van der Waals surface area (Å²) in [4.78, 5) is 19.6. The number of aryl methyl sites for hydroxylation is 2. The molecule has 1 saturated heterocycles. The number of benzene rings is 1. The quantitative estimate of drug-likeness (QED) is 0.720. The van der Waals surface area contributed by atoms with Crippen molar-refractivity contribution in [3.8, 4) is 0 Å². The van der Waals surface area contributed by atoms with Gasteiger partial charge in [-0.1, -0.05) is 23.5 Å². The number of nitrogens with zero attached hydrogens (tertiary/aromatic N) is 4. The minimum Gasteiger partial charge on any atom is -0.376 e. The van der Waals surface area contributed by atoms with Crippen LogP contribution in [0.5, 0.6) is 0 Å². The Balaban J connectivity index is 1.72. The average molecular weight is 356 g/mol. The highest BCUT2D eigenvalue weighted by molar-refractivity contribution is 7.22. The molecule has 3 aromatic rings. The Morgan fingerprint density at radius 3 is 2.96 bits per heavy atom. The van der Waals surface area contributed by atoms with Gasteiger partial charge in [-0.2, -0.15) is 5.10 Å². The van der Waals surface area contributed by atoms with E-state index >= 15 is 0 Å². The Bertz CT molecular complexity index is 878.